The maximum atomic E-state index is 12.9. The summed E-state index contributed by atoms with van der Waals surface area (Å²) in [6, 6.07) is 0.692. The molecule has 0 aromatic carbocycles. The van der Waals surface area contributed by atoms with Gasteiger partial charge in [0.05, 0.1) is 17.3 Å². The van der Waals surface area contributed by atoms with Crippen molar-refractivity contribution in [3.8, 4) is 0 Å². The molecule has 1 saturated heterocycles. The highest BCUT2D eigenvalue weighted by Crippen LogP contribution is 2.25. The largest absolute Gasteiger partial charge is 0.341 e. The van der Waals surface area contributed by atoms with E-state index >= 15 is 0 Å². The summed E-state index contributed by atoms with van der Waals surface area (Å²) in [5.41, 5.74) is 2.31. The summed E-state index contributed by atoms with van der Waals surface area (Å²) < 4.78 is 1.85. The van der Waals surface area contributed by atoms with Crippen LogP contribution in [0.1, 0.15) is 80.2 Å². The van der Waals surface area contributed by atoms with Gasteiger partial charge >= 0.3 is 0 Å². The smallest absolute Gasteiger partial charge is 0.224 e. The fourth-order valence-corrected chi connectivity index (χ4v) is 4.89. The molecule has 0 spiro atoms. The fraction of sp³-hybridized carbons (Fsp3) is 0.762. The second kappa shape index (κ2) is 8.55. The van der Waals surface area contributed by atoms with Gasteiger partial charge in [-0.05, 0) is 47.0 Å². The van der Waals surface area contributed by atoms with E-state index in [4.69, 9.17) is 0 Å². The second-order valence-electron chi connectivity index (χ2n) is 8.31. The Bertz CT molecular complexity index is 691. The summed E-state index contributed by atoms with van der Waals surface area (Å²) in [5, 5.41) is 4.53. The number of carbonyl (C=O) groups excluding carboxylic acids is 2. The number of hydrogen-bond acceptors (Lipinski definition) is 4. The van der Waals surface area contributed by atoms with Crippen LogP contribution >= 0.6 is 0 Å². The average Bonchev–Trinajstić information content (AvgIpc) is 3.16. The molecule has 1 saturated carbocycles. The maximum Gasteiger partial charge on any atom is 0.224 e. The highest BCUT2D eigenvalue weighted by molar-refractivity contribution is 5.96. The van der Waals surface area contributed by atoms with Gasteiger partial charge in [-0.2, -0.15) is 5.10 Å². The van der Waals surface area contributed by atoms with Crippen LogP contribution in [0.25, 0.3) is 0 Å². The Morgan fingerprint density at radius 2 is 1.78 bits per heavy atom. The van der Waals surface area contributed by atoms with E-state index < -0.39 is 0 Å². The molecule has 150 valence electrons. The molecule has 2 heterocycles. The Morgan fingerprint density at radius 1 is 1.07 bits per heavy atom. The van der Waals surface area contributed by atoms with Crippen LogP contribution in [-0.2, 0) is 4.79 Å². The summed E-state index contributed by atoms with van der Waals surface area (Å²) in [6.07, 6.45) is 6.84. The zero-order valence-corrected chi connectivity index (χ0v) is 17.3. The van der Waals surface area contributed by atoms with Crippen LogP contribution in [0.4, 0.5) is 0 Å². The third-order valence-corrected chi connectivity index (χ3v) is 6.29. The summed E-state index contributed by atoms with van der Waals surface area (Å²) in [6.45, 7) is 11.2. The molecule has 1 aromatic heterocycles. The number of hydrogen-bond donors (Lipinski definition) is 0. The molecule has 1 aliphatic heterocycles. The van der Waals surface area contributed by atoms with E-state index in [0.29, 0.717) is 12.0 Å². The standard InChI is InChI=1S/C21H34N4O2/c1-15(25-17(3)21(18(4)26)16(2)22-25)14-20(27)24-11-7-10-23(12-13-24)19-8-5-6-9-19/h15,19H,5-14H2,1-4H3. The highest BCUT2D eigenvalue weighted by atomic mass is 16.2. The van der Waals surface area contributed by atoms with Crippen molar-refractivity contribution in [2.24, 2.45) is 0 Å². The molecule has 1 unspecified atom stereocenters. The van der Waals surface area contributed by atoms with Crippen molar-refractivity contribution in [2.45, 2.75) is 78.3 Å². The number of carbonyl (C=O) groups is 2. The first kappa shape index (κ1) is 20.1. The summed E-state index contributed by atoms with van der Waals surface area (Å²) >= 11 is 0. The van der Waals surface area contributed by atoms with Crippen LogP contribution in [0.5, 0.6) is 0 Å². The second-order valence-corrected chi connectivity index (χ2v) is 8.31. The Balaban J connectivity index is 1.60. The third kappa shape index (κ3) is 4.42. The van der Waals surface area contributed by atoms with E-state index in [0.717, 1.165) is 50.0 Å². The number of nitrogens with zero attached hydrogens (tertiary/aromatic N) is 4. The lowest BCUT2D eigenvalue weighted by atomic mass is 10.1. The Kier molecular flexibility index (Phi) is 6.35. The summed E-state index contributed by atoms with van der Waals surface area (Å²) in [5.74, 6) is 0.238. The Hall–Kier alpha value is -1.69. The van der Waals surface area contributed by atoms with E-state index in [1.807, 2.05) is 30.4 Å². The molecule has 1 aliphatic carbocycles. The van der Waals surface area contributed by atoms with E-state index in [2.05, 4.69) is 10.00 Å². The van der Waals surface area contributed by atoms with Crippen molar-refractivity contribution in [3.05, 3.63) is 17.0 Å². The van der Waals surface area contributed by atoms with Gasteiger partial charge < -0.3 is 4.90 Å². The molecular weight excluding hydrogens is 340 g/mol. The van der Waals surface area contributed by atoms with Crippen molar-refractivity contribution in [1.82, 2.24) is 19.6 Å². The Labute approximate surface area is 162 Å². The van der Waals surface area contributed by atoms with Crippen LogP contribution in [0, 0.1) is 13.8 Å². The van der Waals surface area contributed by atoms with Gasteiger partial charge in [0.15, 0.2) is 5.78 Å². The van der Waals surface area contributed by atoms with Gasteiger partial charge in [0, 0.05) is 44.3 Å². The molecule has 6 heteroatoms. The quantitative estimate of drug-likeness (QED) is 0.743. The number of rotatable bonds is 5. The first-order valence-corrected chi connectivity index (χ1v) is 10.5. The number of amides is 1. The van der Waals surface area contributed by atoms with E-state index in [9.17, 15) is 9.59 Å². The van der Waals surface area contributed by atoms with Gasteiger partial charge in [0.1, 0.15) is 0 Å². The van der Waals surface area contributed by atoms with E-state index in [1.54, 1.807) is 6.92 Å². The van der Waals surface area contributed by atoms with Crippen molar-refractivity contribution < 1.29 is 9.59 Å². The molecule has 3 rings (SSSR count). The van der Waals surface area contributed by atoms with Gasteiger partial charge in [0.25, 0.3) is 0 Å². The lowest BCUT2D eigenvalue weighted by molar-refractivity contribution is -0.131. The Morgan fingerprint density at radius 3 is 2.41 bits per heavy atom. The van der Waals surface area contributed by atoms with Gasteiger partial charge in [-0.15, -0.1) is 0 Å². The van der Waals surface area contributed by atoms with E-state index in [1.165, 1.54) is 25.7 Å². The van der Waals surface area contributed by atoms with Crippen LogP contribution in [0.15, 0.2) is 0 Å². The van der Waals surface area contributed by atoms with Crippen LogP contribution in [-0.4, -0.2) is 63.5 Å². The zero-order valence-electron chi connectivity index (χ0n) is 17.3. The van der Waals surface area contributed by atoms with Crippen LogP contribution < -0.4 is 0 Å². The number of ketones is 1. The van der Waals surface area contributed by atoms with Gasteiger partial charge in [0.2, 0.25) is 5.91 Å². The molecule has 0 N–H and O–H groups in total. The van der Waals surface area contributed by atoms with Gasteiger partial charge in [-0.25, -0.2) is 0 Å². The molecule has 27 heavy (non-hydrogen) atoms. The van der Waals surface area contributed by atoms with Crippen molar-refractivity contribution in [1.29, 1.82) is 0 Å². The molecule has 6 nitrogen and oxygen atoms in total. The molecular formula is C21H34N4O2. The van der Waals surface area contributed by atoms with Gasteiger partial charge in [-0.3, -0.25) is 19.2 Å². The first-order chi connectivity index (χ1) is 12.9. The zero-order chi connectivity index (χ0) is 19.6. The van der Waals surface area contributed by atoms with Crippen molar-refractivity contribution >= 4 is 11.7 Å². The van der Waals surface area contributed by atoms with Crippen molar-refractivity contribution in [3.63, 3.8) is 0 Å². The van der Waals surface area contributed by atoms with Crippen molar-refractivity contribution in [2.75, 3.05) is 26.2 Å². The lowest BCUT2D eigenvalue weighted by Crippen LogP contribution is -2.39. The molecule has 1 aromatic rings. The minimum atomic E-state index is -0.0431. The van der Waals surface area contributed by atoms with Crippen LogP contribution in [0.3, 0.4) is 0 Å². The predicted octanol–water partition coefficient (Wildman–Crippen LogP) is 3.13. The molecule has 2 fully saturated rings. The molecule has 2 aliphatic rings. The summed E-state index contributed by atoms with van der Waals surface area (Å²) in [7, 11) is 0. The van der Waals surface area contributed by atoms with E-state index in [-0.39, 0.29) is 17.7 Å². The fourth-order valence-electron chi connectivity index (χ4n) is 4.89. The minimum Gasteiger partial charge on any atom is -0.341 e. The number of Topliss-reactive ketones (excluding diaryl/α,β-unsaturated/α-hetero) is 1. The first-order valence-electron chi connectivity index (χ1n) is 10.5. The normalized spacial score (nSPS) is 20.7. The van der Waals surface area contributed by atoms with Gasteiger partial charge in [-0.1, -0.05) is 12.8 Å². The van der Waals surface area contributed by atoms with Crippen LogP contribution in [0.2, 0.25) is 0 Å². The average molecular weight is 375 g/mol. The number of aromatic nitrogens is 2. The lowest BCUT2D eigenvalue weighted by Gasteiger charge is -2.27. The predicted molar refractivity (Wildman–Crippen MR) is 106 cm³/mol. The molecule has 0 radical (unpaired) electrons. The monoisotopic (exact) mass is 374 g/mol. The molecule has 1 atom stereocenters. The third-order valence-electron chi connectivity index (χ3n) is 6.29. The maximum absolute atomic E-state index is 12.9. The summed E-state index contributed by atoms with van der Waals surface area (Å²) in [4.78, 5) is 29.4. The molecule has 1 amide bonds. The number of aryl methyl sites for hydroxylation is 1. The topological polar surface area (TPSA) is 58.4 Å². The molecule has 0 bridgehead atoms. The SMILES string of the molecule is CC(=O)c1c(C)nn(C(C)CC(=O)N2CCCN(C3CCCC3)CC2)c1C. The highest BCUT2D eigenvalue weighted by Gasteiger charge is 2.27. The minimum absolute atomic E-state index is 0.0364.